The van der Waals surface area contributed by atoms with Gasteiger partial charge in [-0.25, -0.2) is 4.99 Å². The predicted octanol–water partition coefficient (Wildman–Crippen LogP) is 2.32. The molecule has 0 aromatic heterocycles. The molecular weight excluding hydrogens is 136 g/mol. The van der Waals surface area contributed by atoms with Gasteiger partial charge in [0.15, 0.2) is 0 Å². The Bertz CT molecular complexity index is 176. The molecule has 0 bridgehead atoms. The van der Waals surface area contributed by atoms with Gasteiger partial charge in [0, 0.05) is 19.2 Å². The van der Waals surface area contributed by atoms with Crippen LogP contribution in [-0.2, 0) is 0 Å². The van der Waals surface area contributed by atoms with Gasteiger partial charge in [0.2, 0.25) is 0 Å². The average molecular weight is 152 g/mol. The molecule has 0 N–H and O–H groups in total. The van der Waals surface area contributed by atoms with Gasteiger partial charge in [0.1, 0.15) is 5.84 Å². The van der Waals surface area contributed by atoms with Crippen LogP contribution in [0.2, 0.25) is 0 Å². The van der Waals surface area contributed by atoms with E-state index in [9.17, 15) is 0 Å². The van der Waals surface area contributed by atoms with E-state index in [1.807, 2.05) is 19.1 Å². The van der Waals surface area contributed by atoms with Gasteiger partial charge in [-0.05, 0) is 13.0 Å². The standard InChI is InChI=1S/C9H16N2/c1-5-6-7-11-9(10-4)8(2)3/h5-8H,1-4H3/b6-5-,10-9?,11-7?. The molecule has 0 amide bonds. The first-order chi connectivity index (χ1) is 5.22. The van der Waals surface area contributed by atoms with E-state index in [2.05, 4.69) is 23.8 Å². The van der Waals surface area contributed by atoms with E-state index in [1.165, 1.54) is 0 Å². The topological polar surface area (TPSA) is 24.7 Å². The molecule has 0 saturated heterocycles. The van der Waals surface area contributed by atoms with E-state index in [0.29, 0.717) is 5.92 Å². The Morgan fingerprint density at radius 1 is 1.36 bits per heavy atom. The smallest absolute Gasteiger partial charge is 0.125 e. The van der Waals surface area contributed by atoms with Crippen molar-refractivity contribution in [1.82, 2.24) is 0 Å². The zero-order chi connectivity index (χ0) is 8.69. The van der Waals surface area contributed by atoms with Crippen molar-refractivity contribution in [1.29, 1.82) is 0 Å². The van der Waals surface area contributed by atoms with Crippen LogP contribution in [0.3, 0.4) is 0 Å². The summed E-state index contributed by atoms with van der Waals surface area (Å²) in [5.41, 5.74) is 0. The Labute approximate surface area is 68.8 Å². The second kappa shape index (κ2) is 5.83. The van der Waals surface area contributed by atoms with E-state index in [4.69, 9.17) is 0 Å². The summed E-state index contributed by atoms with van der Waals surface area (Å²) in [5.74, 6) is 1.30. The van der Waals surface area contributed by atoms with Crippen LogP contribution in [0.5, 0.6) is 0 Å². The summed E-state index contributed by atoms with van der Waals surface area (Å²) in [6.07, 6.45) is 5.60. The van der Waals surface area contributed by atoms with Gasteiger partial charge in [0.05, 0.1) is 0 Å². The fourth-order valence-corrected chi connectivity index (χ4v) is 0.670. The van der Waals surface area contributed by atoms with Gasteiger partial charge in [-0.1, -0.05) is 19.9 Å². The molecule has 0 aliphatic heterocycles. The maximum absolute atomic E-state index is 4.17. The molecule has 0 radical (unpaired) electrons. The highest BCUT2D eigenvalue weighted by molar-refractivity contribution is 5.93. The van der Waals surface area contributed by atoms with Crippen LogP contribution < -0.4 is 0 Å². The zero-order valence-electron chi connectivity index (χ0n) is 7.70. The second-order valence-corrected chi connectivity index (χ2v) is 2.54. The molecule has 0 unspecified atom stereocenters. The zero-order valence-corrected chi connectivity index (χ0v) is 7.70. The third kappa shape index (κ3) is 4.48. The molecule has 0 rings (SSSR count). The van der Waals surface area contributed by atoms with Gasteiger partial charge < -0.3 is 0 Å². The third-order valence-corrected chi connectivity index (χ3v) is 1.23. The molecule has 0 atom stereocenters. The first-order valence-corrected chi connectivity index (χ1v) is 3.84. The SMILES string of the molecule is C/C=C\C=NC(=NC)C(C)C. The molecule has 0 saturated carbocycles. The van der Waals surface area contributed by atoms with Crippen LogP contribution in [0.25, 0.3) is 0 Å². The van der Waals surface area contributed by atoms with E-state index in [0.717, 1.165) is 5.84 Å². The normalized spacial score (nSPS) is 14.1. The number of rotatable bonds is 2. The molecule has 0 aliphatic rings. The summed E-state index contributed by atoms with van der Waals surface area (Å²) in [4.78, 5) is 8.21. The molecular formula is C9H16N2. The average Bonchev–Trinajstić information content (AvgIpc) is 1.97. The Kier molecular flexibility index (Phi) is 5.35. The van der Waals surface area contributed by atoms with E-state index in [1.54, 1.807) is 13.3 Å². The monoisotopic (exact) mass is 152 g/mol. The minimum absolute atomic E-state index is 0.404. The minimum Gasteiger partial charge on any atom is -0.274 e. The summed E-state index contributed by atoms with van der Waals surface area (Å²) in [7, 11) is 1.77. The van der Waals surface area contributed by atoms with E-state index >= 15 is 0 Å². The Hall–Kier alpha value is -0.920. The molecule has 0 aromatic rings. The van der Waals surface area contributed by atoms with Crippen LogP contribution >= 0.6 is 0 Å². The predicted molar refractivity (Wildman–Crippen MR) is 51.5 cm³/mol. The minimum atomic E-state index is 0.404. The number of amidine groups is 1. The van der Waals surface area contributed by atoms with Crippen molar-refractivity contribution in [2.75, 3.05) is 7.05 Å². The number of nitrogens with zero attached hydrogens (tertiary/aromatic N) is 2. The molecule has 0 spiro atoms. The number of hydrogen-bond donors (Lipinski definition) is 0. The van der Waals surface area contributed by atoms with Crippen molar-refractivity contribution in [3.8, 4) is 0 Å². The van der Waals surface area contributed by atoms with Crippen molar-refractivity contribution < 1.29 is 0 Å². The second-order valence-electron chi connectivity index (χ2n) is 2.54. The van der Waals surface area contributed by atoms with Crippen LogP contribution in [0.15, 0.2) is 22.1 Å². The number of allylic oxidation sites excluding steroid dienone is 2. The van der Waals surface area contributed by atoms with Gasteiger partial charge in [-0.3, -0.25) is 4.99 Å². The summed E-state index contributed by atoms with van der Waals surface area (Å²) in [6.45, 7) is 6.12. The van der Waals surface area contributed by atoms with Crippen molar-refractivity contribution in [3.05, 3.63) is 12.2 Å². The van der Waals surface area contributed by atoms with Crippen molar-refractivity contribution >= 4 is 12.1 Å². The Morgan fingerprint density at radius 2 is 2.00 bits per heavy atom. The highest BCUT2D eigenvalue weighted by Gasteiger charge is 1.98. The number of hydrogen-bond acceptors (Lipinski definition) is 1. The largest absolute Gasteiger partial charge is 0.274 e. The van der Waals surface area contributed by atoms with Crippen LogP contribution in [0, 0.1) is 5.92 Å². The molecule has 2 nitrogen and oxygen atoms in total. The van der Waals surface area contributed by atoms with Crippen LogP contribution in [0.1, 0.15) is 20.8 Å². The number of aliphatic imine (C=N–C) groups is 2. The lowest BCUT2D eigenvalue weighted by Crippen LogP contribution is -2.03. The quantitative estimate of drug-likeness (QED) is 0.428. The van der Waals surface area contributed by atoms with Crippen molar-refractivity contribution in [2.24, 2.45) is 15.9 Å². The molecule has 62 valence electrons. The summed E-state index contributed by atoms with van der Waals surface area (Å²) in [6, 6.07) is 0. The maximum atomic E-state index is 4.17. The molecule has 0 fully saturated rings. The van der Waals surface area contributed by atoms with Crippen molar-refractivity contribution in [2.45, 2.75) is 20.8 Å². The highest BCUT2D eigenvalue weighted by atomic mass is 14.9. The van der Waals surface area contributed by atoms with Crippen LogP contribution in [-0.4, -0.2) is 19.1 Å². The molecule has 0 heterocycles. The van der Waals surface area contributed by atoms with Gasteiger partial charge in [0.25, 0.3) is 0 Å². The lowest BCUT2D eigenvalue weighted by Gasteiger charge is -2.00. The maximum Gasteiger partial charge on any atom is 0.125 e. The first kappa shape index (κ1) is 10.1. The van der Waals surface area contributed by atoms with E-state index < -0.39 is 0 Å². The van der Waals surface area contributed by atoms with Gasteiger partial charge in [-0.2, -0.15) is 0 Å². The lowest BCUT2D eigenvalue weighted by molar-refractivity contribution is 0.870. The third-order valence-electron chi connectivity index (χ3n) is 1.23. The lowest BCUT2D eigenvalue weighted by atomic mass is 10.2. The fourth-order valence-electron chi connectivity index (χ4n) is 0.670. The Morgan fingerprint density at radius 3 is 2.36 bits per heavy atom. The Balaban J connectivity index is 4.10. The van der Waals surface area contributed by atoms with Crippen molar-refractivity contribution in [3.63, 3.8) is 0 Å². The van der Waals surface area contributed by atoms with Gasteiger partial charge >= 0.3 is 0 Å². The van der Waals surface area contributed by atoms with Gasteiger partial charge in [-0.15, -0.1) is 0 Å². The molecule has 11 heavy (non-hydrogen) atoms. The summed E-state index contributed by atoms with van der Waals surface area (Å²) < 4.78 is 0. The first-order valence-electron chi connectivity index (χ1n) is 3.84. The molecule has 0 aliphatic carbocycles. The molecule has 2 heteroatoms. The fraction of sp³-hybridized carbons (Fsp3) is 0.556. The highest BCUT2D eigenvalue weighted by Crippen LogP contribution is 1.96. The molecule has 0 aromatic carbocycles. The van der Waals surface area contributed by atoms with E-state index in [-0.39, 0.29) is 0 Å². The van der Waals surface area contributed by atoms with Crippen LogP contribution in [0.4, 0.5) is 0 Å². The summed E-state index contributed by atoms with van der Waals surface area (Å²) in [5, 5.41) is 0. The summed E-state index contributed by atoms with van der Waals surface area (Å²) >= 11 is 0.